The number of hydrogen-bond donors (Lipinski definition) is 0. The quantitative estimate of drug-likeness (QED) is 0.171. The molecule has 0 N–H and O–H groups in total. The lowest BCUT2D eigenvalue weighted by atomic mass is 9.89. The molecule has 9 rings (SSSR count). The van der Waals surface area contributed by atoms with Crippen molar-refractivity contribution < 1.29 is 4.42 Å². The van der Waals surface area contributed by atoms with E-state index in [-0.39, 0.29) is 0 Å². The van der Waals surface area contributed by atoms with Gasteiger partial charge < -0.3 is 8.98 Å². The molecule has 1 unspecified atom stereocenters. The fraction of sp³-hybridized carbons (Fsp3) is 0.104. The van der Waals surface area contributed by atoms with Crippen LogP contribution in [-0.4, -0.2) is 9.55 Å². The number of rotatable bonds is 7. The first kappa shape index (κ1) is 30.8. The van der Waals surface area contributed by atoms with E-state index in [2.05, 4.69) is 183 Å². The van der Waals surface area contributed by atoms with Crippen LogP contribution in [0.5, 0.6) is 0 Å². The van der Waals surface area contributed by atoms with E-state index in [1.807, 2.05) is 0 Å². The zero-order chi connectivity index (χ0) is 34.5. The van der Waals surface area contributed by atoms with Crippen LogP contribution in [0.1, 0.15) is 37.3 Å². The zero-order valence-corrected chi connectivity index (χ0v) is 29.1. The first-order valence-electron chi connectivity index (χ1n) is 17.9. The van der Waals surface area contributed by atoms with Crippen LogP contribution in [0.25, 0.3) is 83.4 Å². The van der Waals surface area contributed by atoms with Crippen LogP contribution in [0.4, 0.5) is 0 Å². The van der Waals surface area contributed by atoms with E-state index in [0.29, 0.717) is 11.8 Å². The van der Waals surface area contributed by atoms with Gasteiger partial charge in [0.1, 0.15) is 5.52 Å². The van der Waals surface area contributed by atoms with E-state index in [0.717, 1.165) is 39.9 Å². The van der Waals surface area contributed by atoms with Crippen molar-refractivity contribution in [2.75, 3.05) is 0 Å². The monoisotopic (exact) mass is 658 g/mol. The molecule has 2 aromatic heterocycles. The van der Waals surface area contributed by atoms with Crippen LogP contribution in [0, 0.1) is 6.92 Å². The van der Waals surface area contributed by atoms with Crippen LogP contribution >= 0.6 is 0 Å². The molecule has 246 valence electrons. The molecule has 0 aliphatic rings. The Balaban J connectivity index is 1.06. The zero-order valence-electron chi connectivity index (χ0n) is 29.1. The minimum atomic E-state index is 0.489. The van der Waals surface area contributed by atoms with Crippen molar-refractivity contribution >= 4 is 32.9 Å². The molecule has 9 aromatic rings. The Morgan fingerprint density at radius 1 is 0.569 bits per heavy atom. The lowest BCUT2D eigenvalue weighted by Gasteiger charge is -2.15. The largest absolute Gasteiger partial charge is 0.436 e. The lowest BCUT2D eigenvalue weighted by Crippen LogP contribution is -1.94. The number of benzene rings is 7. The minimum Gasteiger partial charge on any atom is -0.436 e. The van der Waals surface area contributed by atoms with E-state index in [4.69, 9.17) is 9.40 Å². The highest BCUT2D eigenvalue weighted by Gasteiger charge is 2.17. The lowest BCUT2D eigenvalue weighted by molar-refractivity contribution is 0.617. The topological polar surface area (TPSA) is 31.0 Å². The third-order valence-corrected chi connectivity index (χ3v) is 10.5. The predicted octanol–water partition coefficient (Wildman–Crippen LogP) is 13.4. The van der Waals surface area contributed by atoms with Crippen molar-refractivity contribution in [1.29, 1.82) is 0 Å². The molecule has 0 fully saturated rings. The van der Waals surface area contributed by atoms with Gasteiger partial charge in [0.15, 0.2) is 5.58 Å². The Bertz CT molecular complexity index is 2640. The molecule has 0 aliphatic carbocycles. The van der Waals surface area contributed by atoms with E-state index < -0.39 is 0 Å². The Hall–Kier alpha value is -6.19. The molecule has 0 spiro atoms. The number of aromatic nitrogens is 2. The van der Waals surface area contributed by atoms with Gasteiger partial charge in [0, 0.05) is 22.0 Å². The molecule has 3 nitrogen and oxygen atoms in total. The molecule has 0 saturated heterocycles. The summed E-state index contributed by atoms with van der Waals surface area (Å²) in [5.41, 5.74) is 15.9. The minimum absolute atomic E-state index is 0.489. The Labute approximate surface area is 298 Å². The summed E-state index contributed by atoms with van der Waals surface area (Å²) in [7, 11) is 0. The van der Waals surface area contributed by atoms with Crippen molar-refractivity contribution in [3.05, 3.63) is 169 Å². The summed E-state index contributed by atoms with van der Waals surface area (Å²) in [4.78, 5) is 4.92. The van der Waals surface area contributed by atoms with Gasteiger partial charge in [-0.1, -0.05) is 129 Å². The van der Waals surface area contributed by atoms with Crippen molar-refractivity contribution in [3.63, 3.8) is 0 Å². The summed E-state index contributed by atoms with van der Waals surface area (Å²) in [6.45, 7) is 6.60. The first-order chi connectivity index (χ1) is 25.1. The van der Waals surface area contributed by atoms with Gasteiger partial charge in [0.2, 0.25) is 5.89 Å². The maximum Gasteiger partial charge on any atom is 0.227 e. The number of para-hydroxylation sites is 2. The Morgan fingerprint density at radius 3 is 1.63 bits per heavy atom. The standard InChI is InChI=1S/C48H38N2O/c1-4-31(2)36-29-32(3)47-44(30-36)49-48(51-47)35-23-21-33(22-24-35)38-13-5-7-15-40(38)41-16-8-6-14-39(41)34-25-27-37(28-26-34)50-45-19-11-9-17-42(45)43-18-10-12-20-46(43)50/h5-31H,4H2,1-3H3. The molecule has 2 heterocycles. The fourth-order valence-electron chi connectivity index (χ4n) is 7.59. The summed E-state index contributed by atoms with van der Waals surface area (Å²) < 4.78 is 8.68. The highest BCUT2D eigenvalue weighted by Crippen LogP contribution is 2.40. The van der Waals surface area contributed by atoms with Crippen LogP contribution in [0.15, 0.2) is 162 Å². The molecule has 1 atom stereocenters. The second kappa shape index (κ2) is 12.6. The Kier molecular flexibility index (Phi) is 7.62. The van der Waals surface area contributed by atoms with Crippen molar-refractivity contribution in [2.45, 2.75) is 33.1 Å². The van der Waals surface area contributed by atoms with Crippen molar-refractivity contribution in [2.24, 2.45) is 0 Å². The van der Waals surface area contributed by atoms with Gasteiger partial charge in [-0.15, -0.1) is 0 Å². The average molecular weight is 659 g/mol. The molecule has 0 saturated carbocycles. The maximum absolute atomic E-state index is 6.32. The number of aryl methyl sites for hydroxylation is 1. The van der Waals surface area contributed by atoms with Crippen molar-refractivity contribution in [3.8, 4) is 50.5 Å². The van der Waals surface area contributed by atoms with Crippen LogP contribution < -0.4 is 0 Å². The normalized spacial score (nSPS) is 12.2. The van der Waals surface area contributed by atoms with Gasteiger partial charge in [-0.05, 0) is 106 Å². The fourth-order valence-corrected chi connectivity index (χ4v) is 7.59. The van der Waals surface area contributed by atoms with E-state index >= 15 is 0 Å². The average Bonchev–Trinajstić information content (AvgIpc) is 3.78. The third-order valence-electron chi connectivity index (χ3n) is 10.5. The number of nitrogens with zero attached hydrogens (tertiary/aromatic N) is 2. The Morgan fingerprint density at radius 2 is 1.06 bits per heavy atom. The summed E-state index contributed by atoms with van der Waals surface area (Å²) in [6, 6.07) is 56.8. The highest BCUT2D eigenvalue weighted by molar-refractivity contribution is 6.09. The SMILES string of the molecule is CCC(C)c1cc(C)c2oc(-c3ccc(-c4ccccc4-c4ccccc4-c4ccc(-n5c6ccccc6c6ccccc65)cc4)cc3)nc2c1. The molecular weight excluding hydrogens is 621 g/mol. The van der Waals surface area contributed by atoms with Crippen molar-refractivity contribution in [1.82, 2.24) is 9.55 Å². The van der Waals surface area contributed by atoms with E-state index in [1.165, 1.54) is 55.2 Å². The van der Waals surface area contributed by atoms with Gasteiger partial charge in [0.25, 0.3) is 0 Å². The summed E-state index contributed by atoms with van der Waals surface area (Å²) in [6.07, 6.45) is 1.10. The first-order valence-corrected chi connectivity index (χ1v) is 17.9. The molecule has 7 aromatic carbocycles. The van der Waals surface area contributed by atoms with Gasteiger partial charge in [0.05, 0.1) is 11.0 Å². The summed E-state index contributed by atoms with van der Waals surface area (Å²) >= 11 is 0. The smallest absolute Gasteiger partial charge is 0.227 e. The van der Waals surface area contributed by atoms with Gasteiger partial charge in [-0.3, -0.25) is 0 Å². The summed E-state index contributed by atoms with van der Waals surface area (Å²) in [5, 5.41) is 2.54. The predicted molar refractivity (Wildman–Crippen MR) is 214 cm³/mol. The van der Waals surface area contributed by atoms with Gasteiger partial charge in [-0.2, -0.15) is 0 Å². The highest BCUT2D eigenvalue weighted by atomic mass is 16.3. The van der Waals surface area contributed by atoms with Gasteiger partial charge in [-0.25, -0.2) is 4.98 Å². The molecule has 0 aliphatic heterocycles. The third kappa shape index (κ3) is 5.34. The molecule has 0 amide bonds. The molecule has 3 heteroatoms. The number of hydrogen-bond acceptors (Lipinski definition) is 2. The second-order valence-corrected chi connectivity index (χ2v) is 13.6. The molecular formula is C48H38N2O. The molecule has 0 bridgehead atoms. The second-order valence-electron chi connectivity index (χ2n) is 13.6. The van der Waals surface area contributed by atoms with E-state index in [9.17, 15) is 0 Å². The number of fused-ring (bicyclic) bond motifs is 4. The van der Waals surface area contributed by atoms with E-state index in [1.54, 1.807) is 0 Å². The summed E-state index contributed by atoms with van der Waals surface area (Å²) in [5.74, 6) is 1.15. The van der Waals surface area contributed by atoms with Gasteiger partial charge >= 0.3 is 0 Å². The molecule has 51 heavy (non-hydrogen) atoms. The molecule has 0 radical (unpaired) electrons. The van der Waals surface area contributed by atoms with Crippen LogP contribution in [0.2, 0.25) is 0 Å². The van der Waals surface area contributed by atoms with Crippen LogP contribution in [0.3, 0.4) is 0 Å². The number of oxazole rings is 1. The van der Waals surface area contributed by atoms with Crippen LogP contribution in [-0.2, 0) is 0 Å². The maximum atomic E-state index is 6.32.